The molecule has 0 saturated heterocycles. The van der Waals surface area contributed by atoms with Crippen LogP contribution in [0.3, 0.4) is 0 Å². The molecule has 0 bridgehead atoms. The topological polar surface area (TPSA) is 142 Å². The van der Waals surface area contributed by atoms with Crippen LogP contribution in [0.2, 0.25) is 0 Å². The Labute approximate surface area is 151 Å². The Morgan fingerprint density at radius 3 is 2.44 bits per heavy atom. The van der Waals surface area contributed by atoms with Crippen LogP contribution in [-0.2, 0) is 4.84 Å². The zero-order chi connectivity index (χ0) is 17.7. The van der Waals surface area contributed by atoms with Crippen molar-refractivity contribution in [3.05, 3.63) is 34.4 Å². The summed E-state index contributed by atoms with van der Waals surface area (Å²) in [5.74, 6) is 0.806. The van der Waals surface area contributed by atoms with Crippen LogP contribution in [0.4, 0.5) is 5.69 Å². The number of halogens is 1. The number of nitro benzene ring substituents is 1. The molecule has 2 rings (SSSR count). The molecule has 11 heteroatoms. The third kappa shape index (κ3) is 5.47. The van der Waals surface area contributed by atoms with E-state index in [1.807, 2.05) is 0 Å². The maximum Gasteiger partial charge on any atom is 0.269 e. The van der Waals surface area contributed by atoms with Gasteiger partial charge in [0.15, 0.2) is 5.66 Å². The van der Waals surface area contributed by atoms with Gasteiger partial charge in [-0.25, -0.2) is 4.99 Å². The van der Waals surface area contributed by atoms with Gasteiger partial charge in [-0.1, -0.05) is 0 Å². The highest BCUT2D eigenvalue weighted by molar-refractivity contribution is 5.95. The van der Waals surface area contributed by atoms with E-state index in [4.69, 9.17) is 21.0 Å². The first-order chi connectivity index (χ1) is 11.3. The second-order valence-electron chi connectivity index (χ2n) is 5.52. The highest BCUT2D eigenvalue weighted by Crippen LogP contribution is 2.20. The Kier molecular flexibility index (Phi) is 6.95. The second kappa shape index (κ2) is 8.49. The molecule has 4 N–H and O–H groups in total. The third-order valence-electron chi connectivity index (χ3n) is 3.15. The lowest BCUT2D eigenvalue weighted by molar-refractivity contribution is -0.384. The monoisotopic (exact) mass is 372 g/mol. The molecule has 10 nitrogen and oxygen atoms in total. The zero-order valence-electron chi connectivity index (χ0n) is 13.9. The maximum absolute atomic E-state index is 10.6. The molecule has 1 aromatic carbocycles. The van der Waals surface area contributed by atoms with Crippen LogP contribution in [-0.4, -0.2) is 40.8 Å². The largest absolute Gasteiger partial charge is 0.493 e. The van der Waals surface area contributed by atoms with E-state index in [2.05, 4.69) is 9.98 Å². The number of nitrogens with two attached hydrogens (primary N) is 2. The Bertz CT molecular complexity index is 662. The molecule has 1 aromatic rings. The number of aliphatic imine (C=N–C) groups is 2. The number of ether oxygens (including phenoxy) is 1. The summed E-state index contributed by atoms with van der Waals surface area (Å²) in [6.07, 6.45) is 0.579. The second-order valence-corrected chi connectivity index (χ2v) is 5.52. The van der Waals surface area contributed by atoms with E-state index in [9.17, 15) is 10.1 Å². The Morgan fingerprint density at radius 1 is 1.24 bits per heavy atom. The van der Waals surface area contributed by atoms with E-state index in [0.717, 1.165) is 0 Å². The van der Waals surface area contributed by atoms with Crippen molar-refractivity contribution in [3.8, 4) is 5.75 Å². The molecule has 1 heterocycles. The van der Waals surface area contributed by atoms with Crippen LogP contribution in [0.1, 0.15) is 20.3 Å². The van der Waals surface area contributed by atoms with Crippen molar-refractivity contribution >= 4 is 30.0 Å². The fourth-order valence-corrected chi connectivity index (χ4v) is 2.09. The van der Waals surface area contributed by atoms with Crippen molar-refractivity contribution in [2.24, 2.45) is 21.5 Å². The molecule has 1 aliphatic rings. The first-order valence-corrected chi connectivity index (χ1v) is 7.29. The molecule has 0 spiro atoms. The summed E-state index contributed by atoms with van der Waals surface area (Å²) in [5, 5.41) is 12.0. The molecule has 0 aliphatic carbocycles. The average molecular weight is 373 g/mol. The Balaban J connectivity index is 0.00000312. The summed E-state index contributed by atoms with van der Waals surface area (Å²) in [6.45, 7) is 4.32. The molecular weight excluding hydrogens is 352 g/mol. The molecule has 0 fully saturated rings. The van der Waals surface area contributed by atoms with Crippen molar-refractivity contribution in [1.29, 1.82) is 0 Å². The highest BCUT2D eigenvalue weighted by Gasteiger charge is 2.32. The molecule has 1 aliphatic heterocycles. The minimum absolute atomic E-state index is 0. The lowest BCUT2D eigenvalue weighted by Gasteiger charge is -2.36. The van der Waals surface area contributed by atoms with Gasteiger partial charge in [0.25, 0.3) is 5.69 Å². The Hall–Kier alpha value is -2.59. The number of rotatable bonds is 7. The average Bonchev–Trinajstić information content (AvgIpc) is 2.48. The minimum Gasteiger partial charge on any atom is -0.493 e. The molecule has 0 unspecified atom stereocenters. The fraction of sp³-hybridized carbons (Fsp3) is 0.429. The number of guanidine groups is 2. The molecule has 0 aromatic heterocycles. The first-order valence-electron chi connectivity index (χ1n) is 7.29. The zero-order valence-corrected chi connectivity index (χ0v) is 14.7. The van der Waals surface area contributed by atoms with Gasteiger partial charge in [-0.15, -0.1) is 12.4 Å². The Morgan fingerprint density at radius 2 is 1.88 bits per heavy atom. The summed E-state index contributed by atoms with van der Waals surface area (Å²) in [7, 11) is 0. The van der Waals surface area contributed by atoms with Gasteiger partial charge in [-0.3, -0.25) is 15.0 Å². The summed E-state index contributed by atoms with van der Waals surface area (Å²) < 4.78 is 5.50. The van der Waals surface area contributed by atoms with Crippen molar-refractivity contribution in [3.63, 3.8) is 0 Å². The minimum atomic E-state index is -0.741. The number of nitro groups is 1. The number of nitrogens with zero attached hydrogens (tertiary/aromatic N) is 4. The summed E-state index contributed by atoms with van der Waals surface area (Å²) >= 11 is 0. The van der Waals surface area contributed by atoms with E-state index in [-0.39, 0.29) is 30.0 Å². The van der Waals surface area contributed by atoms with Crippen LogP contribution in [0, 0.1) is 10.1 Å². The molecule has 0 saturated carbocycles. The first kappa shape index (κ1) is 20.5. The SMILES string of the molecule is CC1(C)N=C(N)N=C(N)N1OCCCOc1ccc([N+](=O)[O-])cc1.Cl. The van der Waals surface area contributed by atoms with Crippen LogP contribution in [0.5, 0.6) is 5.75 Å². The van der Waals surface area contributed by atoms with Crippen LogP contribution >= 0.6 is 12.4 Å². The van der Waals surface area contributed by atoms with E-state index in [1.54, 1.807) is 26.0 Å². The maximum atomic E-state index is 10.6. The van der Waals surface area contributed by atoms with Crippen molar-refractivity contribution in [2.75, 3.05) is 13.2 Å². The van der Waals surface area contributed by atoms with Gasteiger partial charge in [0.2, 0.25) is 11.9 Å². The van der Waals surface area contributed by atoms with Crippen LogP contribution in [0.15, 0.2) is 34.3 Å². The number of hydrogen-bond acceptors (Lipinski definition) is 9. The van der Waals surface area contributed by atoms with E-state index in [1.165, 1.54) is 17.2 Å². The van der Waals surface area contributed by atoms with Gasteiger partial charge >= 0.3 is 0 Å². The van der Waals surface area contributed by atoms with Gasteiger partial charge < -0.3 is 16.2 Å². The smallest absolute Gasteiger partial charge is 0.269 e. The predicted octanol–water partition coefficient (Wildman–Crippen LogP) is 1.40. The molecule has 25 heavy (non-hydrogen) atoms. The number of non-ortho nitro benzene ring substituents is 1. The van der Waals surface area contributed by atoms with Crippen molar-refractivity contribution in [1.82, 2.24) is 5.06 Å². The van der Waals surface area contributed by atoms with E-state index in [0.29, 0.717) is 25.4 Å². The lowest BCUT2D eigenvalue weighted by Crippen LogP contribution is -2.53. The molecular formula is C14H21ClN6O4. The van der Waals surface area contributed by atoms with E-state index < -0.39 is 10.6 Å². The number of benzene rings is 1. The van der Waals surface area contributed by atoms with Crippen molar-refractivity contribution < 1.29 is 14.5 Å². The van der Waals surface area contributed by atoms with Gasteiger partial charge in [0.1, 0.15) is 5.75 Å². The molecule has 0 atom stereocenters. The van der Waals surface area contributed by atoms with Crippen molar-refractivity contribution in [2.45, 2.75) is 25.9 Å². The summed E-state index contributed by atoms with van der Waals surface area (Å²) in [5.41, 5.74) is 10.6. The van der Waals surface area contributed by atoms with Gasteiger partial charge in [0, 0.05) is 18.6 Å². The third-order valence-corrected chi connectivity index (χ3v) is 3.15. The molecule has 0 radical (unpaired) electrons. The quantitative estimate of drug-likeness (QED) is 0.418. The summed E-state index contributed by atoms with van der Waals surface area (Å²) in [4.78, 5) is 23.7. The predicted molar refractivity (Wildman–Crippen MR) is 95.6 cm³/mol. The van der Waals surface area contributed by atoms with Crippen LogP contribution < -0.4 is 16.2 Å². The number of hydroxylamine groups is 2. The highest BCUT2D eigenvalue weighted by atomic mass is 35.5. The molecule has 0 amide bonds. The number of hydrogen-bond donors (Lipinski definition) is 2. The van der Waals surface area contributed by atoms with E-state index >= 15 is 0 Å². The lowest BCUT2D eigenvalue weighted by atomic mass is 10.2. The normalized spacial score (nSPS) is 15.7. The van der Waals surface area contributed by atoms with Gasteiger partial charge in [-0.05, 0) is 26.0 Å². The molecule has 138 valence electrons. The summed E-state index contributed by atoms with van der Waals surface area (Å²) in [6, 6.07) is 5.88. The van der Waals surface area contributed by atoms with Crippen LogP contribution in [0.25, 0.3) is 0 Å². The van der Waals surface area contributed by atoms with Gasteiger partial charge in [-0.2, -0.15) is 10.1 Å². The van der Waals surface area contributed by atoms with Gasteiger partial charge in [0.05, 0.1) is 18.1 Å². The fourth-order valence-electron chi connectivity index (χ4n) is 2.09. The standard InChI is InChI=1S/C14H20N6O4.ClH/c1-14(2)18-12(15)17-13(16)19(14)24-9-3-8-23-11-6-4-10(5-7-11)20(21)22;/h4-7H,3,8-9H2,1-2H3,(H4,15,16,17,18);1H.